The molecule has 3 rings (SSSR count). The molecule has 3 fully saturated rings. The lowest BCUT2D eigenvalue weighted by atomic mass is 9.48. The topological polar surface area (TPSA) is 35.5 Å². The van der Waals surface area contributed by atoms with Crippen LogP contribution in [-0.2, 0) is 9.47 Å². The van der Waals surface area contributed by atoms with Crippen LogP contribution in [0.3, 0.4) is 0 Å². The van der Waals surface area contributed by atoms with Gasteiger partial charge in [0.25, 0.3) is 0 Å². The van der Waals surface area contributed by atoms with E-state index in [0.717, 1.165) is 19.3 Å². The van der Waals surface area contributed by atoms with Crippen molar-refractivity contribution in [3.8, 4) is 0 Å². The second-order valence-electron chi connectivity index (χ2n) is 7.60. The smallest absolute Gasteiger partial charge is 0.426 e. The highest BCUT2D eigenvalue weighted by Gasteiger charge is 2.64. The van der Waals surface area contributed by atoms with E-state index in [1.54, 1.807) is 0 Å². The van der Waals surface area contributed by atoms with Crippen LogP contribution < -0.4 is 0 Å². The Hall–Kier alpha value is -0.730. The number of carbonyl (C=O) groups is 1. The predicted octanol–water partition coefficient (Wildman–Crippen LogP) is 3.91. The molecule has 2 aliphatic carbocycles. The van der Waals surface area contributed by atoms with Gasteiger partial charge in [-0.3, -0.25) is 0 Å². The summed E-state index contributed by atoms with van der Waals surface area (Å²) in [6.45, 7) is 9.10. The Bertz CT molecular complexity index is 389. The molecule has 0 aromatic carbocycles. The molecule has 1 heterocycles. The molecule has 1 aliphatic heterocycles. The Morgan fingerprint density at radius 2 is 1.83 bits per heavy atom. The molecule has 18 heavy (non-hydrogen) atoms. The molecule has 0 N–H and O–H groups in total. The van der Waals surface area contributed by atoms with Gasteiger partial charge in [-0.05, 0) is 43.9 Å². The average molecular weight is 252 g/mol. The molecular weight excluding hydrogens is 228 g/mol. The molecule has 0 aromatic heterocycles. The van der Waals surface area contributed by atoms with Gasteiger partial charge in [0.1, 0.15) is 0 Å². The summed E-state index contributed by atoms with van der Waals surface area (Å²) in [5.74, 6) is 0.631. The minimum Gasteiger partial charge on any atom is -0.426 e. The van der Waals surface area contributed by atoms with Crippen LogP contribution in [0.4, 0.5) is 4.79 Å². The molecule has 1 saturated heterocycles. The van der Waals surface area contributed by atoms with Gasteiger partial charge in [0.05, 0.1) is 0 Å². The van der Waals surface area contributed by atoms with Gasteiger partial charge >= 0.3 is 6.16 Å². The quantitative estimate of drug-likeness (QED) is 0.613. The number of fused-ring (bicyclic) bond motifs is 3. The third-order valence-electron chi connectivity index (χ3n) is 5.89. The standard InChI is InChI=1S/C15H24O3/c1-13(2)7-5-8-14(3)10(13)6-9-15(4)11(14)17-12(16)18-15/h10-11H,5-9H2,1-4H3/t10-,11+,14-,15+/m0/s1. The zero-order chi connectivity index (χ0) is 13.2. The normalized spacial score (nSPS) is 49.9. The van der Waals surface area contributed by atoms with Gasteiger partial charge in [0, 0.05) is 5.41 Å². The van der Waals surface area contributed by atoms with Crippen LogP contribution in [-0.4, -0.2) is 17.9 Å². The number of hydrogen-bond donors (Lipinski definition) is 0. The lowest BCUT2D eigenvalue weighted by Gasteiger charge is -2.58. The predicted molar refractivity (Wildman–Crippen MR) is 68.2 cm³/mol. The second-order valence-corrected chi connectivity index (χ2v) is 7.60. The summed E-state index contributed by atoms with van der Waals surface area (Å²) in [6, 6.07) is 0. The zero-order valence-electron chi connectivity index (χ0n) is 11.9. The summed E-state index contributed by atoms with van der Waals surface area (Å²) >= 11 is 0. The van der Waals surface area contributed by atoms with Gasteiger partial charge in [0.15, 0.2) is 11.7 Å². The number of ether oxygens (including phenoxy) is 2. The minimum absolute atomic E-state index is 0.0594. The zero-order valence-corrected chi connectivity index (χ0v) is 11.9. The summed E-state index contributed by atoms with van der Waals surface area (Å²) in [6.07, 6.45) is 5.22. The minimum atomic E-state index is -0.465. The van der Waals surface area contributed by atoms with Crippen LogP contribution in [0, 0.1) is 16.7 Å². The van der Waals surface area contributed by atoms with Gasteiger partial charge in [-0.1, -0.05) is 27.2 Å². The van der Waals surface area contributed by atoms with Crippen molar-refractivity contribution in [1.29, 1.82) is 0 Å². The molecule has 0 radical (unpaired) electrons. The van der Waals surface area contributed by atoms with Crippen molar-refractivity contribution in [3.63, 3.8) is 0 Å². The van der Waals surface area contributed by atoms with Crippen molar-refractivity contribution in [2.45, 2.75) is 71.5 Å². The molecule has 4 atom stereocenters. The molecule has 0 spiro atoms. The molecule has 3 nitrogen and oxygen atoms in total. The molecule has 0 bridgehead atoms. The number of rotatable bonds is 0. The third-order valence-corrected chi connectivity index (χ3v) is 5.89. The Labute approximate surface area is 109 Å². The summed E-state index contributed by atoms with van der Waals surface area (Å²) in [7, 11) is 0. The fourth-order valence-electron chi connectivity index (χ4n) is 5.13. The first kappa shape index (κ1) is 12.3. The van der Waals surface area contributed by atoms with E-state index in [-0.39, 0.29) is 11.5 Å². The highest BCUT2D eigenvalue weighted by atomic mass is 16.8. The van der Waals surface area contributed by atoms with E-state index in [1.807, 2.05) is 6.92 Å². The molecule has 2 saturated carbocycles. The highest BCUT2D eigenvalue weighted by molar-refractivity contribution is 5.64. The maximum absolute atomic E-state index is 11.5. The van der Waals surface area contributed by atoms with E-state index in [4.69, 9.17) is 9.47 Å². The van der Waals surface area contributed by atoms with Crippen molar-refractivity contribution >= 4 is 6.16 Å². The van der Waals surface area contributed by atoms with Crippen molar-refractivity contribution in [2.24, 2.45) is 16.7 Å². The Morgan fingerprint density at radius 3 is 2.56 bits per heavy atom. The third kappa shape index (κ3) is 1.45. The van der Waals surface area contributed by atoms with Gasteiger partial charge in [-0.25, -0.2) is 4.79 Å². The van der Waals surface area contributed by atoms with E-state index >= 15 is 0 Å². The van der Waals surface area contributed by atoms with Crippen molar-refractivity contribution < 1.29 is 14.3 Å². The first-order valence-electron chi connectivity index (χ1n) is 7.18. The number of carbonyl (C=O) groups excluding carboxylic acids is 1. The molecule has 0 unspecified atom stereocenters. The first-order chi connectivity index (χ1) is 8.28. The fourth-order valence-corrected chi connectivity index (χ4v) is 5.13. The van der Waals surface area contributed by atoms with Crippen LogP contribution >= 0.6 is 0 Å². The summed E-state index contributed by atoms with van der Waals surface area (Å²) < 4.78 is 11.0. The van der Waals surface area contributed by atoms with Crippen molar-refractivity contribution in [3.05, 3.63) is 0 Å². The van der Waals surface area contributed by atoms with Crippen LogP contribution in [0.2, 0.25) is 0 Å². The summed E-state index contributed by atoms with van der Waals surface area (Å²) in [4.78, 5) is 11.5. The lowest BCUT2D eigenvalue weighted by Crippen LogP contribution is -2.59. The first-order valence-corrected chi connectivity index (χ1v) is 7.18. The van der Waals surface area contributed by atoms with Gasteiger partial charge in [-0.2, -0.15) is 0 Å². The molecule has 0 aromatic rings. The van der Waals surface area contributed by atoms with Gasteiger partial charge in [-0.15, -0.1) is 0 Å². The van der Waals surface area contributed by atoms with E-state index in [9.17, 15) is 4.79 Å². The van der Waals surface area contributed by atoms with E-state index < -0.39 is 11.8 Å². The Kier molecular flexibility index (Phi) is 2.34. The monoisotopic (exact) mass is 252 g/mol. The van der Waals surface area contributed by atoms with Crippen LogP contribution in [0.15, 0.2) is 0 Å². The second kappa shape index (κ2) is 3.43. The Morgan fingerprint density at radius 1 is 1.11 bits per heavy atom. The summed E-state index contributed by atoms with van der Waals surface area (Å²) in [5.41, 5.74) is 0.0417. The highest BCUT2D eigenvalue weighted by Crippen LogP contribution is 2.62. The molecule has 3 heteroatoms. The summed E-state index contributed by atoms with van der Waals surface area (Å²) in [5, 5.41) is 0. The Balaban J connectivity index is 2.00. The maximum Gasteiger partial charge on any atom is 0.509 e. The van der Waals surface area contributed by atoms with Crippen molar-refractivity contribution in [2.75, 3.05) is 0 Å². The van der Waals surface area contributed by atoms with Gasteiger partial charge in [0.2, 0.25) is 0 Å². The van der Waals surface area contributed by atoms with Crippen LogP contribution in [0.5, 0.6) is 0 Å². The van der Waals surface area contributed by atoms with Crippen molar-refractivity contribution in [1.82, 2.24) is 0 Å². The average Bonchev–Trinajstić information content (AvgIpc) is 2.53. The van der Waals surface area contributed by atoms with Gasteiger partial charge < -0.3 is 9.47 Å². The molecule has 102 valence electrons. The molecular formula is C15H24O3. The van der Waals surface area contributed by atoms with E-state index in [0.29, 0.717) is 11.3 Å². The molecule has 3 aliphatic rings. The largest absolute Gasteiger partial charge is 0.509 e. The fraction of sp³-hybridized carbons (Fsp3) is 0.933. The number of hydrogen-bond acceptors (Lipinski definition) is 3. The maximum atomic E-state index is 11.5. The van der Waals surface area contributed by atoms with Crippen LogP contribution in [0.1, 0.15) is 59.8 Å². The SMILES string of the molecule is CC1(C)CCC[C@]2(C)[C@H]3OC(=O)O[C@]3(C)CC[C@@H]12. The van der Waals surface area contributed by atoms with E-state index in [2.05, 4.69) is 20.8 Å². The molecule has 0 amide bonds. The lowest BCUT2D eigenvalue weighted by molar-refractivity contribution is -0.149. The van der Waals surface area contributed by atoms with Crippen LogP contribution in [0.25, 0.3) is 0 Å². The van der Waals surface area contributed by atoms with E-state index in [1.165, 1.54) is 12.8 Å².